The minimum atomic E-state index is 0.0980. The third kappa shape index (κ3) is 5.59. The molecule has 7 heteroatoms. The van der Waals surface area contributed by atoms with Crippen LogP contribution >= 0.6 is 0 Å². The summed E-state index contributed by atoms with van der Waals surface area (Å²) in [6, 6.07) is 18.4. The zero-order valence-corrected chi connectivity index (χ0v) is 18.1. The number of hydrogen-bond acceptors (Lipinski definition) is 4. The molecule has 3 rings (SSSR count). The number of ether oxygens (including phenoxy) is 1. The van der Waals surface area contributed by atoms with Crippen molar-refractivity contribution in [1.82, 2.24) is 25.4 Å². The van der Waals surface area contributed by atoms with E-state index in [1.807, 2.05) is 67.9 Å². The molecular formula is C23H30N6O. The summed E-state index contributed by atoms with van der Waals surface area (Å²) in [4.78, 5) is 4.81. The minimum Gasteiger partial charge on any atom is -0.494 e. The lowest BCUT2D eigenvalue weighted by Gasteiger charge is -2.19. The van der Waals surface area contributed by atoms with Gasteiger partial charge in [-0.05, 0) is 32.4 Å². The summed E-state index contributed by atoms with van der Waals surface area (Å²) >= 11 is 0. The van der Waals surface area contributed by atoms with Crippen LogP contribution in [0.5, 0.6) is 5.75 Å². The molecule has 0 aliphatic heterocycles. The molecule has 0 saturated carbocycles. The SMILES string of the molecule is CCOc1ccccc1CN=C(NCc1nnc(C)n1C)NC(C)c1ccccc1. The normalized spacial score (nSPS) is 12.5. The largest absolute Gasteiger partial charge is 0.494 e. The second-order valence-corrected chi connectivity index (χ2v) is 7.06. The summed E-state index contributed by atoms with van der Waals surface area (Å²) in [6.45, 7) is 7.70. The number of benzene rings is 2. The molecule has 158 valence electrons. The van der Waals surface area contributed by atoms with Crippen LogP contribution in [0.25, 0.3) is 0 Å². The maximum absolute atomic E-state index is 5.74. The maximum atomic E-state index is 5.74. The molecule has 0 bridgehead atoms. The van der Waals surface area contributed by atoms with Crippen molar-refractivity contribution in [2.75, 3.05) is 6.61 Å². The van der Waals surface area contributed by atoms with Crippen molar-refractivity contribution in [3.63, 3.8) is 0 Å². The van der Waals surface area contributed by atoms with Crippen molar-refractivity contribution in [2.24, 2.45) is 12.0 Å². The second-order valence-electron chi connectivity index (χ2n) is 7.06. The van der Waals surface area contributed by atoms with Crippen molar-refractivity contribution in [1.29, 1.82) is 0 Å². The number of para-hydroxylation sites is 1. The van der Waals surface area contributed by atoms with Gasteiger partial charge in [0.15, 0.2) is 11.8 Å². The monoisotopic (exact) mass is 406 g/mol. The number of guanidine groups is 1. The fraction of sp³-hybridized carbons (Fsp3) is 0.348. The van der Waals surface area contributed by atoms with Crippen LogP contribution in [0.1, 0.15) is 42.7 Å². The van der Waals surface area contributed by atoms with Crippen LogP contribution < -0.4 is 15.4 Å². The zero-order valence-electron chi connectivity index (χ0n) is 18.1. The minimum absolute atomic E-state index is 0.0980. The van der Waals surface area contributed by atoms with Gasteiger partial charge in [-0.15, -0.1) is 10.2 Å². The Morgan fingerprint density at radius 2 is 1.83 bits per heavy atom. The highest BCUT2D eigenvalue weighted by Gasteiger charge is 2.11. The number of aryl methyl sites for hydroxylation is 1. The summed E-state index contributed by atoms with van der Waals surface area (Å²) in [5.41, 5.74) is 2.23. The van der Waals surface area contributed by atoms with Crippen LogP contribution in [0.3, 0.4) is 0 Å². The van der Waals surface area contributed by atoms with Crippen molar-refractivity contribution in [2.45, 2.75) is 39.9 Å². The third-order valence-electron chi connectivity index (χ3n) is 4.93. The van der Waals surface area contributed by atoms with E-state index in [2.05, 4.69) is 39.9 Å². The number of aliphatic imine (C=N–C) groups is 1. The molecule has 30 heavy (non-hydrogen) atoms. The molecule has 1 atom stereocenters. The van der Waals surface area contributed by atoms with Crippen molar-refractivity contribution in [3.8, 4) is 5.75 Å². The highest BCUT2D eigenvalue weighted by atomic mass is 16.5. The molecule has 7 nitrogen and oxygen atoms in total. The number of hydrogen-bond donors (Lipinski definition) is 2. The van der Waals surface area contributed by atoms with E-state index >= 15 is 0 Å². The lowest BCUT2D eigenvalue weighted by molar-refractivity contribution is 0.336. The summed E-state index contributed by atoms with van der Waals surface area (Å²) in [6.07, 6.45) is 0. The van der Waals surface area contributed by atoms with E-state index in [9.17, 15) is 0 Å². The first-order valence-electron chi connectivity index (χ1n) is 10.2. The van der Waals surface area contributed by atoms with Crippen LogP contribution in [-0.2, 0) is 20.1 Å². The fourth-order valence-corrected chi connectivity index (χ4v) is 3.05. The van der Waals surface area contributed by atoms with Gasteiger partial charge < -0.3 is 19.9 Å². The highest BCUT2D eigenvalue weighted by Crippen LogP contribution is 2.19. The van der Waals surface area contributed by atoms with Crippen LogP contribution in [0.2, 0.25) is 0 Å². The molecule has 1 heterocycles. The summed E-state index contributed by atoms with van der Waals surface area (Å²) in [7, 11) is 1.96. The van der Waals surface area contributed by atoms with E-state index in [4.69, 9.17) is 9.73 Å². The number of nitrogens with one attached hydrogen (secondary N) is 2. The first-order valence-corrected chi connectivity index (χ1v) is 10.2. The molecule has 2 aromatic carbocycles. The molecule has 0 amide bonds. The molecule has 1 unspecified atom stereocenters. The highest BCUT2D eigenvalue weighted by molar-refractivity contribution is 5.80. The first kappa shape index (κ1) is 21.4. The second kappa shape index (κ2) is 10.4. The first-order chi connectivity index (χ1) is 14.6. The molecule has 0 aliphatic rings. The molecule has 0 saturated heterocycles. The number of rotatable bonds is 8. The molecule has 2 N–H and O–H groups in total. The van der Waals surface area contributed by atoms with Crippen molar-refractivity contribution >= 4 is 5.96 Å². The average molecular weight is 407 g/mol. The fourth-order valence-electron chi connectivity index (χ4n) is 3.05. The topological polar surface area (TPSA) is 76.4 Å². The number of nitrogens with zero attached hydrogens (tertiary/aromatic N) is 4. The van der Waals surface area contributed by atoms with E-state index in [1.165, 1.54) is 5.56 Å². The van der Waals surface area contributed by atoms with Crippen LogP contribution in [0, 0.1) is 6.92 Å². The van der Waals surface area contributed by atoms with Gasteiger partial charge >= 0.3 is 0 Å². The lowest BCUT2D eigenvalue weighted by atomic mass is 10.1. The quantitative estimate of drug-likeness (QED) is 0.442. The van der Waals surface area contributed by atoms with E-state index in [-0.39, 0.29) is 6.04 Å². The van der Waals surface area contributed by atoms with Gasteiger partial charge in [0.1, 0.15) is 11.6 Å². The standard InChI is InChI=1S/C23H30N6O/c1-5-30-21-14-10-9-13-20(21)15-24-23(25-16-22-28-27-18(3)29(22)4)26-17(2)19-11-7-6-8-12-19/h6-14,17H,5,15-16H2,1-4H3,(H2,24,25,26). The summed E-state index contributed by atoms with van der Waals surface area (Å²) < 4.78 is 7.70. The van der Waals surface area contributed by atoms with Gasteiger partial charge in [0.25, 0.3) is 0 Å². The molecule has 0 fully saturated rings. The van der Waals surface area contributed by atoms with Gasteiger partial charge in [0.05, 0.1) is 25.7 Å². The van der Waals surface area contributed by atoms with Gasteiger partial charge in [-0.2, -0.15) is 0 Å². The van der Waals surface area contributed by atoms with Gasteiger partial charge in [-0.3, -0.25) is 0 Å². The Morgan fingerprint density at radius 1 is 1.10 bits per heavy atom. The summed E-state index contributed by atoms with van der Waals surface area (Å²) in [5, 5.41) is 15.2. The Bertz CT molecular complexity index is 967. The predicted octanol–water partition coefficient (Wildman–Crippen LogP) is 3.52. The Hall–Kier alpha value is -3.35. The van der Waals surface area contributed by atoms with E-state index in [1.54, 1.807) is 0 Å². The molecule has 3 aromatic rings. The maximum Gasteiger partial charge on any atom is 0.192 e. The van der Waals surface area contributed by atoms with E-state index in [0.717, 1.165) is 23.0 Å². The van der Waals surface area contributed by atoms with E-state index < -0.39 is 0 Å². The number of aromatic nitrogens is 3. The van der Waals surface area contributed by atoms with Gasteiger partial charge in [0, 0.05) is 12.6 Å². The summed E-state index contributed by atoms with van der Waals surface area (Å²) in [5.74, 6) is 3.30. The zero-order chi connectivity index (χ0) is 21.3. The van der Waals surface area contributed by atoms with E-state index in [0.29, 0.717) is 25.7 Å². The average Bonchev–Trinajstić information content (AvgIpc) is 3.09. The molecule has 0 aliphatic carbocycles. The van der Waals surface area contributed by atoms with Crippen molar-refractivity contribution < 1.29 is 4.74 Å². The molecule has 0 radical (unpaired) electrons. The van der Waals surface area contributed by atoms with Gasteiger partial charge in [-0.1, -0.05) is 48.5 Å². The van der Waals surface area contributed by atoms with Crippen LogP contribution in [0.4, 0.5) is 0 Å². The van der Waals surface area contributed by atoms with Gasteiger partial charge in [0.2, 0.25) is 0 Å². The smallest absolute Gasteiger partial charge is 0.192 e. The molecular weight excluding hydrogens is 376 g/mol. The Kier molecular flexibility index (Phi) is 7.43. The van der Waals surface area contributed by atoms with Gasteiger partial charge in [-0.25, -0.2) is 4.99 Å². The molecule has 0 spiro atoms. The van der Waals surface area contributed by atoms with Crippen molar-refractivity contribution in [3.05, 3.63) is 77.4 Å². The Balaban J connectivity index is 1.77. The van der Waals surface area contributed by atoms with Crippen LogP contribution in [0.15, 0.2) is 59.6 Å². The Labute approximate surface area is 178 Å². The third-order valence-corrected chi connectivity index (χ3v) is 4.93. The predicted molar refractivity (Wildman–Crippen MR) is 119 cm³/mol. The molecule has 1 aromatic heterocycles. The lowest BCUT2D eigenvalue weighted by Crippen LogP contribution is -2.39. The van der Waals surface area contributed by atoms with Crippen LogP contribution in [-0.4, -0.2) is 27.3 Å². The Morgan fingerprint density at radius 3 is 2.53 bits per heavy atom.